The Bertz CT molecular complexity index is 690. The number of hydrogen-bond acceptors (Lipinski definition) is 4. The van der Waals surface area contributed by atoms with E-state index in [1.807, 2.05) is 35.7 Å². The van der Waals surface area contributed by atoms with Gasteiger partial charge in [0, 0.05) is 29.5 Å². The molecule has 0 atom stereocenters. The lowest BCUT2D eigenvalue weighted by Crippen LogP contribution is -2.34. The molecule has 1 aliphatic carbocycles. The summed E-state index contributed by atoms with van der Waals surface area (Å²) in [6.45, 7) is 0. The summed E-state index contributed by atoms with van der Waals surface area (Å²) in [6, 6.07) is 9.52. The van der Waals surface area contributed by atoms with Crippen molar-refractivity contribution in [3.05, 3.63) is 40.6 Å². The number of hydrogen-bond donors (Lipinski definition) is 1. The predicted molar refractivity (Wildman–Crippen MR) is 85.5 cm³/mol. The number of fused-ring (bicyclic) bond motifs is 1. The SMILES string of the molecule is O=C(Cc1cccs1)Nc1ccc2c(c1)OC1(CCCC1)O2. The topological polar surface area (TPSA) is 47.6 Å². The molecule has 22 heavy (non-hydrogen) atoms. The molecule has 0 saturated heterocycles. The maximum Gasteiger partial charge on any atom is 0.251 e. The third-order valence-corrected chi connectivity index (χ3v) is 4.98. The summed E-state index contributed by atoms with van der Waals surface area (Å²) in [4.78, 5) is 13.1. The molecule has 1 aromatic heterocycles. The smallest absolute Gasteiger partial charge is 0.251 e. The lowest BCUT2D eigenvalue weighted by molar-refractivity contribution is -0.115. The summed E-state index contributed by atoms with van der Waals surface area (Å²) in [5.74, 6) is 1.04. The van der Waals surface area contributed by atoms with E-state index in [1.54, 1.807) is 11.3 Å². The zero-order valence-electron chi connectivity index (χ0n) is 12.1. The van der Waals surface area contributed by atoms with E-state index in [4.69, 9.17) is 9.47 Å². The Balaban J connectivity index is 1.45. The van der Waals surface area contributed by atoms with Gasteiger partial charge in [-0.2, -0.15) is 0 Å². The van der Waals surface area contributed by atoms with Crippen LogP contribution in [0.4, 0.5) is 5.69 Å². The van der Waals surface area contributed by atoms with E-state index in [0.717, 1.165) is 47.7 Å². The first-order valence-corrected chi connectivity index (χ1v) is 8.45. The maximum absolute atomic E-state index is 12.1. The average Bonchev–Trinajstić information content (AvgIpc) is 3.20. The molecule has 2 heterocycles. The van der Waals surface area contributed by atoms with Crippen molar-refractivity contribution < 1.29 is 14.3 Å². The minimum Gasteiger partial charge on any atom is -0.448 e. The van der Waals surface area contributed by atoms with Gasteiger partial charge in [-0.1, -0.05) is 6.07 Å². The fraction of sp³-hybridized carbons (Fsp3) is 0.353. The van der Waals surface area contributed by atoms with E-state index >= 15 is 0 Å². The van der Waals surface area contributed by atoms with E-state index in [9.17, 15) is 4.79 Å². The Kier molecular flexibility index (Phi) is 3.30. The Hall–Kier alpha value is -2.01. The van der Waals surface area contributed by atoms with Gasteiger partial charge < -0.3 is 14.8 Å². The molecule has 1 saturated carbocycles. The zero-order valence-corrected chi connectivity index (χ0v) is 12.9. The number of carbonyl (C=O) groups is 1. The van der Waals surface area contributed by atoms with Crippen molar-refractivity contribution in [2.24, 2.45) is 0 Å². The third-order valence-electron chi connectivity index (χ3n) is 4.10. The molecule has 1 fully saturated rings. The zero-order chi connectivity index (χ0) is 15.0. The Morgan fingerprint density at radius 3 is 2.77 bits per heavy atom. The average molecular weight is 315 g/mol. The highest BCUT2D eigenvalue weighted by Gasteiger charge is 2.44. The molecule has 1 amide bonds. The summed E-state index contributed by atoms with van der Waals surface area (Å²) in [5, 5.41) is 4.90. The molecule has 5 heteroatoms. The van der Waals surface area contributed by atoms with E-state index in [1.165, 1.54) is 0 Å². The lowest BCUT2D eigenvalue weighted by atomic mass is 10.2. The van der Waals surface area contributed by atoms with Gasteiger partial charge in [-0.15, -0.1) is 11.3 Å². The number of nitrogens with one attached hydrogen (secondary N) is 1. The fourth-order valence-corrected chi connectivity index (χ4v) is 3.77. The summed E-state index contributed by atoms with van der Waals surface area (Å²) < 4.78 is 12.0. The molecular weight excluding hydrogens is 298 g/mol. The third kappa shape index (κ3) is 2.57. The minimum atomic E-state index is -0.456. The van der Waals surface area contributed by atoms with Crippen LogP contribution in [0.2, 0.25) is 0 Å². The van der Waals surface area contributed by atoms with Crippen LogP contribution in [0.15, 0.2) is 35.7 Å². The molecule has 0 radical (unpaired) electrons. The molecular formula is C17H17NO3S. The molecule has 2 aliphatic rings. The van der Waals surface area contributed by atoms with Gasteiger partial charge in [-0.05, 0) is 36.4 Å². The highest BCUT2D eigenvalue weighted by atomic mass is 32.1. The molecule has 0 bridgehead atoms. The van der Waals surface area contributed by atoms with Gasteiger partial charge in [0.1, 0.15) is 0 Å². The van der Waals surface area contributed by atoms with Crippen LogP contribution in [0.25, 0.3) is 0 Å². The standard InChI is InChI=1S/C17H17NO3S/c19-16(11-13-4-3-9-22-13)18-12-5-6-14-15(10-12)21-17(20-14)7-1-2-8-17/h3-6,9-10H,1-2,7-8,11H2,(H,18,19). The largest absolute Gasteiger partial charge is 0.448 e. The van der Waals surface area contributed by atoms with Crippen LogP contribution >= 0.6 is 11.3 Å². The van der Waals surface area contributed by atoms with Crippen molar-refractivity contribution in [2.75, 3.05) is 5.32 Å². The van der Waals surface area contributed by atoms with E-state index in [0.29, 0.717) is 6.42 Å². The maximum atomic E-state index is 12.1. The van der Waals surface area contributed by atoms with E-state index < -0.39 is 5.79 Å². The minimum absolute atomic E-state index is 0.0168. The highest BCUT2D eigenvalue weighted by Crippen LogP contribution is 2.47. The molecule has 1 spiro atoms. The van der Waals surface area contributed by atoms with Gasteiger partial charge in [0.2, 0.25) is 5.91 Å². The molecule has 114 valence electrons. The van der Waals surface area contributed by atoms with Crippen LogP contribution in [0.1, 0.15) is 30.6 Å². The number of benzene rings is 1. The van der Waals surface area contributed by atoms with Gasteiger partial charge in [0.15, 0.2) is 11.5 Å². The molecule has 1 aliphatic heterocycles. The van der Waals surface area contributed by atoms with Crippen LogP contribution in [0.5, 0.6) is 11.5 Å². The Labute approximate surface area is 133 Å². The van der Waals surface area contributed by atoms with E-state index in [-0.39, 0.29) is 5.91 Å². The number of ether oxygens (including phenoxy) is 2. The molecule has 1 N–H and O–H groups in total. The van der Waals surface area contributed by atoms with Gasteiger partial charge in [-0.3, -0.25) is 4.79 Å². The number of anilines is 1. The van der Waals surface area contributed by atoms with Crippen LogP contribution in [0, 0.1) is 0 Å². The van der Waals surface area contributed by atoms with Crippen LogP contribution < -0.4 is 14.8 Å². The van der Waals surface area contributed by atoms with E-state index in [2.05, 4.69) is 5.32 Å². The molecule has 4 nitrogen and oxygen atoms in total. The van der Waals surface area contributed by atoms with Crippen molar-refractivity contribution in [1.82, 2.24) is 0 Å². The fourth-order valence-electron chi connectivity index (χ4n) is 3.07. The van der Waals surface area contributed by atoms with Crippen LogP contribution in [-0.4, -0.2) is 11.7 Å². The Morgan fingerprint density at radius 2 is 2.00 bits per heavy atom. The predicted octanol–water partition coefficient (Wildman–Crippen LogP) is 3.97. The van der Waals surface area contributed by atoms with Gasteiger partial charge in [0.25, 0.3) is 5.79 Å². The Morgan fingerprint density at radius 1 is 1.18 bits per heavy atom. The highest BCUT2D eigenvalue weighted by molar-refractivity contribution is 7.10. The number of thiophene rings is 1. The second-order valence-electron chi connectivity index (χ2n) is 5.79. The molecule has 4 rings (SSSR count). The van der Waals surface area contributed by atoms with Crippen LogP contribution in [-0.2, 0) is 11.2 Å². The molecule has 1 aromatic carbocycles. The van der Waals surface area contributed by atoms with Gasteiger partial charge in [-0.25, -0.2) is 0 Å². The lowest BCUT2D eigenvalue weighted by Gasteiger charge is -2.21. The first kappa shape index (κ1) is 13.6. The summed E-state index contributed by atoms with van der Waals surface area (Å²) >= 11 is 1.59. The van der Waals surface area contributed by atoms with Crippen molar-refractivity contribution in [1.29, 1.82) is 0 Å². The summed E-state index contributed by atoms with van der Waals surface area (Å²) in [6.07, 6.45) is 4.54. The summed E-state index contributed by atoms with van der Waals surface area (Å²) in [5.41, 5.74) is 0.749. The van der Waals surface area contributed by atoms with Crippen LogP contribution in [0.3, 0.4) is 0 Å². The van der Waals surface area contributed by atoms with Crippen molar-refractivity contribution in [3.63, 3.8) is 0 Å². The first-order valence-electron chi connectivity index (χ1n) is 7.57. The molecule has 0 unspecified atom stereocenters. The number of rotatable bonds is 3. The van der Waals surface area contributed by atoms with Crippen molar-refractivity contribution >= 4 is 22.9 Å². The number of amides is 1. The summed E-state index contributed by atoms with van der Waals surface area (Å²) in [7, 11) is 0. The number of carbonyl (C=O) groups excluding carboxylic acids is 1. The normalized spacial score (nSPS) is 17.8. The second-order valence-corrected chi connectivity index (χ2v) is 6.82. The van der Waals surface area contributed by atoms with Gasteiger partial charge in [0.05, 0.1) is 6.42 Å². The molecule has 2 aromatic rings. The first-order chi connectivity index (χ1) is 10.7. The second kappa shape index (κ2) is 5.32. The van der Waals surface area contributed by atoms with Crippen molar-refractivity contribution in [3.8, 4) is 11.5 Å². The monoisotopic (exact) mass is 315 g/mol. The van der Waals surface area contributed by atoms with Crippen molar-refractivity contribution in [2.45, 2.75) is 37.9 Å². The quantitative estimate of drug-likeness (QED) is 0.932. The van der Waals surface area contributed by atoms with Gasteiger partial charge >= 0.3 is 0 Å².